The summed E-state index contributed by atoms with van der Waals surface area (Å²) in [5.41, 5.74) is -0.158. The Bertz CT molecular complexity index is 716. The molecule has 0 aromatic heterocycles. The average molecular weight is 422 g/mol. The third-order valence-electron chi connectivity index (χ3n) is 9.23. The van der Waals surface area contributed by atoms with Gasteiger partial charge in [-0.3, -0.25) is 0 Å². The summed E-state index contributed by atoms with van der Waals surface area (Å²) in [5, 5.41) is 10.6. The van der Waals surface area contributed by atoms with Gasteiger partial charge in [-0.15, -0.1) is 11.6 Å². The number of alkyl halides is 2. The van der Waals surface area contributed by atoms with Crippen molar-refractivity contribution < 1.29 is 4.39 Å². The lowest BCUT2D eigenvalue weighted by molar-refractivity contribution is -0.197. The van der Waals surface area contributed by atoms with Crippen molar-refractivity contribution in [1.29, 1.82) is 5.26 Å². The van der Waals surface area contributed by atoms with Crippen LogP contribution in [-0.2, 0) is 0 Å². The van der Waals surface area contributed by atoms with Crippen LogP contribution in [0.2, 0.25) is 0 Å². The summed E-state index contributed by atoms with van der Waals surface area (Å²) in [5.74, 6) is 2.09. The van der Waals surface area contributed by atoms with Gasteiger partial charge in [-0.1, -0.05) is 32.6 Å². The number of hydrogen-bond donors (Lipinski definition) is 0. The molecule has 0 N–H and O–H groups in total. The van der Waals surface area contributed by atoms with E-state index in [1.807, 2.05) is 17.8 Å². The Morgan fingerprint density at radius 2 is 2.07 bits per heavy atom. The molecule has 28 heavy (non-hydrogen) atoms. The van der Waals surface area contributed by atoms with E-state index in [4.69, 9.17) is 11.6 Å². The smallest absolute Gasteiger partial charge is 0.119 e. The van der Waals surface area contributed by atoms with Gasteiger partial charge in [0.1, 0.15) is 5.67 Å². The number of rotatable bonds is 4. The quantitative estimate of drug-likeness (QED) is 0.459. The zero-order valence-corrected chi connectivity index (χ0v) is 18.8. The highest BCUT2D eigenvalue weighted by molar-refractivity contribution is 7.99. The first-order valence-corrected chi connectivity index (χ1v) is 12.5. The minimum absolute atomic E-state index is 0.00195. The molecule has 0 bridgehead atoms. The molecular weight excluding hydrogens is 389 g/mol. The van der Waals surface area contributed by atoms with Crippen LogP contribution >= 0.6 is 23.4 Å². The van der Waals surface area contributed by atoms with Gasteiger partial charge in [0.2, 0.25) is 0 Å². The maximum absolute atomic E-state index is 17.1. The van der Waals surface area contributed by atoms with Crippen molar-refractivity contribution in [2.45, 2.75) is 69.7 Å². The largest absolute Gasteiger partial charge is 0.243 e. The minimum atomic E-state index is -1.14. The Labute approximate surface area is 179 Å². The van der Waals surface area contributed by atoms with E-state index in [1.54, 1.807) is 0 Å². The van der Waals surface area contributed by atoms with Crippen molar-refractivity contribution in [3.05, 3.63) is 24.3 Å². The molecule has 4 heteroatoms. The van der Waals surface area contributed by atoms with Crippen molar-refractivity contribution in [1.82, 2.24) is 0 Å². The predicted molar refractivity (Wildman–Crippen MR) is 117 cm³/mol. The van der Waals surface area contributed by atoms with Crippen LogP contribution in [0.25, 0.3) is 0 Å². The Hall–Kier alpha value is -0.460. The topological polar surface area (TPSA) is 23.8 Å². The minimum Gasteiger partial charge on any atom is -0.243 e. The number of allylic oxidation sites excluding steroid dienone is 3. The molecule has 0 heterocycles. The standard InChI is InChI=1S/C24H33ClFNS/c1-4-17-5-6-19-21-13-16(15-27)20-14-18(28-12-11-25)7-8-23(20,3)24(21,26)10-9-22(17,19)2/h4-5,16,18-21H,1,6-14H2,2-3H3/t16?,18?,19-,20?,21-,22+,23-,24+/m0/s1. The molecular formula is C24H33ClFNS. The number of thioether (sulfide) groups is 1. The van der Waals surface area contributed by atoms with E-state index in [1.165, 1.54) is 5.57 Å². The van der Waals surface area contributed by atoms with Crippen molar-refractivity contribution in [2.75, 3.05) is 11.6 Å². The van der Waals surface area contributed by atoms with E-state index in [9.17, 15) is 5.26 Å². The van der Waals surface area contributed by atoms with Crippen LogP contribution in [0.4, 0.5) is 4.39 Å². The Balaban J connectivity index is 1.66. The summed E-state index contributed by atoms with van der Waals surface area (Å²) in [7, 11) is 0. The molecule has 1 nitrogen and oxygen atoms in total. The molecule has 0 aromatic rings. The van der Waals surface area contributed by atoms with Crippen LogP contribution < -0.4 is 0 Å². The summed E-state index contributed by atoms with van der Waals surface area (Å²) >= 11 is 7.83. The number of halogens is 2. The second kappa shape index (κ2) is 7.35. The molecule has 3 saturated carbocycles. The maximum atomic E-state index is 17.1. The van der Waals surface area contributed by atoms with Gasteiger partial charge in [0, 0.05) is 22.3 Å². The van der Waals surface area contributed by atoms with E-state index in [0.29, 0.717) is 23.5 Å². The van der Waals surface area contributed by atoms with Crippen LogP contribution in [0.3, 0.4) is 0 Å². The molecule has 0 aliphatic heterocycles. The SMILES string of the molecule is C=CC1=CC[C@H]2[C@@H]3CC(C#N)C4CC(SCCCl)CC[C@]4(C)[C@@]3(F)CC[C@]12C. The lowest BCUT2D eigenvalue weighted by Gasteiger charge is -2.65. The average Bonchev–Trinajstić information content (AvgIpc) is 3.03. The summed E-state index contributed by atoms with van der Waals surface area (Å²) in [6.45, 7) is 8.52. The second-order valence-corrected chi connectivity index (χ2v) is 11.8. The number of hydrogen-bond acceptors (Lipinski definition) is 2. The van der Waals surface area contributed by atoms with Crippen LogP contribution in [0, 0.1) is 45.8 Å². The summed E-state index contributed by atoms with van der Waals surface area (Å²) < 4.78 is 17.1. The third-order valence-corrected chi connectivity index (χ3v) is 11.0. The second-order valence-electron chi connectivity index (χ2n) is 10.0. The molecule has 0 spiro atoms. The molecule has 0 amide bonds. The normalized spacial score (nSPS) is 50.0. The van der Waals surface area contributed by atoms with Gasteiger partial charge in [0.15, 0.2) is 0 Å². The fourth-order valence-corrected chi connectivity index (χ4v) is 8.91. The lowest BCUT2D eigenvalue weighted by Crippen LogP contribution is -2.65. The van der Waals surface area contributed by atoms with Gasteiger partial charge < -0.3 is 0 Å². The Morgan fingerprint density at radius 3 is 2.75 bits per heavy atom. The van der Waals surface area contributed by atoms with Crippen LogP contribution in [0.1, 0.15) is 58.8 Å². The molecule has 8 atom stereocenters. The number of nitrogens with zero attached hydrogens (tertiary/aromatic N) is 1. The monoisotopic (exact) mass is 421 g/mol. The van der Waals surface area contributed by atoms with Gasteiger partial charge in [-0.05, 0) is 73.7 Å². The van der Waals surface area contributed by atoms with Gasteiger partial charge in [0.05, 0.1) is 12.0 Å². The fraction of sp³-hybridized carbons (Fsp3) is 0.792. The highest BCUT2D eigenvalue weighted by atomic mass is 35.5. The summed E-state index contributed by atoms with van der Waals surface area (Å²) in [6.07, 6.45) is 10.5. The van der Waals surface area contributed by atoms with Crippen LogP contribution in [-0.4, -0.2) is 22.6 Å². The van der Waals surface area contributed by atoms with Crippen molar-refractivity contribution in [2.24, 2.45) is 34.5 Å². The maximum Gasteiger partial charge on any atom is 0.119 e. The Kier molecular flexibility index (Phi) is 5.46. The van der Waals surface area contributed by atoms with Crippen LogP contribution in [0.15, 0.2) is 24.3 Å². The summed E-state index contributed by atoms with van der Waals surface area (Å²) in [6, 6.07) is 2.63. The molecule has 4 aliphatic rings. The molecule has 154 valence electrons. The Morgan fingerprint density at radius 1 is 1.29 bits per heavy atom. The molecule has 0 radical (unpaired) electrons. The molecule has 0 saturated heterocycles. The number of fused-ring (bicyclic) bond motifs is 5. The van der Waals surface area contributed by atoms with Crippen molar-refractivity contribution in [3.8, 4) is 6.07 Å². The summed E-state index contributed by atoms with van der Waals surface area (Å²) in [4.78, 5) is 0. The van der Waals surface area contributed by atoms with Gasteiger partial charge >= 0.3 is 0 Å². The molecule has 3 fully saturated rings. The van der Waals surface area contributed by atoms with Gasteiger partial charge in [-0.2, -0.15) is 17.0 Å². The first kappa shape index (κ1) is 20.8. The fourth-order valence-electron chi connectivity index (χ4n) is 7.60. The molecule has 4 rings (SSSR count). The van der Waals surface area contributed by atoms with Gasteiger partial charge in [0.25, 0.3) is 0 Å². The first-order chi connectivity index (χ1) is 13.3. The van der Waals surface area contributed by atoms with E-state index in [0.717, 1.165) is 44.3 Å². The zero-order valence-electron chi connectivity index (χ0n) is 17.2. The van der Waals surface area contributed by atoms with Crippen molar-refractivity contribution in [3.63, 3.8) is 0 Å². The van der Waals surface area contributed by atoms with E-state index in [-0.39, 0.29) is 28.6 Å². The van der Waals surface area contributed by atoms with E-state index >= 15 is 4.39 Å². The van der Waals surface area contributed by atoms with Crippen molar-refractivity contribution >= 4 is 23.4 Å². The van der Waals surface area contributed by atoms with Crippen LogP contribution in [0.5, 0.6) is 0 Å². The zero-order chi connectivity index (χ0) is 20.2. The first-order valence-electron chi connectivity index (χ1n) is 10.9. The lowest BCUT2D eigenvalue weighted by atomic mass is 9.41. The predicted octanol–water partition coefficient (Wildman–Crippen LogP) is 6.93. The molecule has 4 aliphatic carbocycles. The van der Waals surface area contributed by atoms with Gasteiger partial charge in [-0.25, -0.2) is 4.39 Å². The highest BCUT2D eigenvalue weighted by Crippen LogP contribution is 2.70. The number of nitriles is 1. The molecule has 0 aromatic carbocycles. The van der Waals surface area contributed by atoms with E-state index in [2.05, 4.69) is 32.6 Å². The third kappa shape index (κ3) is 2.77. The van der Waals surface area contributed by atoms with E-state index < -0.39 is 5.67 Å². The highest BCUT2D eigenvalue weighted by Gasteiger charge is 2.69. The molecule has 3 unspecified atom stereocenters.